The summed E-state index contributed by atoms with van der Waals surface area (Å²) in [7, 11) is 0. The van der Waals surface area contributed by atoms with Crippen LogP contribution in [0.15, 0.2) is 0 Å². The Balaban J connectivity index is 1.90. The Morgan fingerprint density at radius 2 is 1.86 bits per heavy atom. The third-order valence-corrected chi connectivity index (χ3v) is 3.53. The van der Waals surface area contributed by atoms with Gasteiger partial charge in [0.1, 0.15) is 0 Å². The van der Waals surface area contributed by atoms with Crippen LogP contribution in [-0.2, 0) is 0 Å². The zero-order valence-electron chi connectivity index (χ0n) is 8.76. The van der Waals surface area contributed by atoms with E-state index in [1.807, 2.05) is 0 Å². The summed E-state index contributed by atoms with van der Waals surface area (Å²) in [5, 5.41) is 12.6. The van der Waals surface area contributed by atoms with Crippen LogP contribution in [0.4, 0.5) is 0 Å². The van der Waals surface area contributed by atoms with Crippen molar-refractivity contribution in [1.29, 1.82) is 5.26 Å². The third kappa shape index (κ3) is 2.08. The maximum atomic E-state index is 9.25. The summed E-state index contributed by atoms with van der Waals surface area (Å²) in [6.07, 6.45) is 4.74. The molecule has 0 bridgehead atoms. The van der Waals surface area contributed by atoms with Crippen molar-refractivity contribution in [2.24, 2.45) is 5.41 Å². The zero-order valence-corrected chi connectivity index (χ0v) is 8.76. The van der Waals surface area contributed by atoms with Crippen LogP contribution in [0.25, 0.3) is 0 Å². The van der Waals surface area contributed by atoms with Gasteiger partial charge in [0.25, 0.3) is 0 Å². The Kier molecular flexibility index (Phi) is 3.05. The highest BCUT2D eigenvalue weighted by molar-refractivity contribution is 5.03. The molecule has 3 heteroatoms. The van der Waals surface area contributed by atoms with E-state index in [1.165, 1.54) is 12.8 Å². The first-order valence-corrected chi connectivity index (χ1v) is 5.69. The van der Waals surface area contributed by atoms with Crippen LogP contribution in [0.1, 0.15) is 25.7 Å². The van der Waals surface area contributed by atoms with Crippen molar-refractivity contribution < 1.29 is 0 Å². The Labute approximate surface area is 86.1 Å². The van der Waals surface area contributed by atoms with E-state index in [4.69, 9.17) is 0 Å². The molecule has 2 fully saturated rings. The fourth-order valence-corrected chi connectivity index (χ4v) is 2.65. The molecule has 1 N–H and O–H groups in total. The summed E-state index contributed by atoms with van der Waals surface area (Å²) in [4.78, 5) is 2.45. The van der Waals surface area contributed by atoms with Gasteiger partial charge >= 0.3 is 0 Å². The molecule has 0 atom stereocenters. The molecule has 14 heavy (non-hydrogen) atoms. The zero-order chi connectivity index (χ0) is 9.86. The number of piperazine rings is 1. The third-order valence-electron chi connectivity index (χ3n) is 3.53. The minimum atomic E-state index is -0.00264. The fourth-order valence-electron chi connectivity index (χ4n) is 2.65. The first kappa shape index (κ1) is 9.95. The Morgan fingerprint density at radius 3 is 2.43 bits per heavy atom. The van der Waals surface area contributed by atoms with Crippen molar-refractivity contribution in [3.63, 3.8) is 0 Å². The molecular formula is C11H19N3. The topological polar surface area (TPSA) is 39.1 Å². The van der Waals surface area contributed by atoms with Crippen LogP contribution in [0, 0.1) is 16.7 Å². The van der Waals surface area contributed by atoms with E-state index in [9.17, 15) is 5.26 Å². The van der Waals surface area contributed by atoms with Gasteiger partial charge in [0.05, 0.1) is 11.5 Å². The van der Waals surface area contributed by atoms with Crippen molar-refractivity contribution >= 4 is 0 Å². The smallest absolute Gasteiger partial charge is 0.0703 e. The molecule has 78 valence electrons. The quantitative estimate of drug-likeness (QED) is 0.710. The highest BCUT2D eigenvalue weighted by Gasteiger charge is 2.35. The Bertz CT molecular complexity index is 219. The summed E-state index contributed by atoms with van der Waals surface area (Å²) in [5.74, 6) is 0. The predicted molar refractivity (Wildman–Crippen MR) is 55.8 cm³/mol. The van der Waals surface area contributed by atoms with Gasteiger partial charge in [-0.15, -0.1) is 0 Å². The van der Waals surface area contributed by atoms with E-state index in [0.29, 0.717) is 0 Å². The minimum absolute atomic E-state index is 0.00264. The van der Waals surface area contributed by atoms with E-state index >= 15 is 0 Å². The molecule has 0 unspecified atom stereocenters. The number of nitrogens with one attached hydrogen (secondary N) is 1. The van der Waals surface area contributed by atoms with Crippen LogP contribution in [-0.4, -0.2) is 37.6 Å². The van der Waals surface area contributed by atoms with Gasteiger partial charge in [-0.05, 0) is 12.8 Å². The van der Waals surface area contributed by atoms with Gasteiger partial charge in [0, 0.05) is 32.7 Å². The van der Waals surface area contributed by atoms with E-state index in [-0.39, 0.29) is 5.41 Å². The maximum Gasteiger partial charge on any atom is 0.0703 e. The standard InChI is InChI=1S/C11H19N3/c12-9-11(3-1-2-4-11)10-14-7-5-13-6-8-14/h13H,1-8,10H2. The summed E-state index contributed by atoms with van der Waals surface area (Å²) in [5.41, 5.74) is -0.00264. The van der Waals surface area contributed by atoms with Gasteiger partial charge in [-0.3, -0.25) is 4.90 Å². The average molecular weight is 193 g/mol. The molecule has 0 amide bonds. The molecule has 0 spiro atoms. The van der Waals surface area contributed by atoms with Crippen LogP contribution in [0.3, 0.4) is 0 Å². The Morgan fingerprint density at radius 1 is 1.21 bits per heavy atom. The molecule has 1 saturated heterocycles. The van der Waals surface area contributed by atoms with Crippen molar-refractivity contribution in [2.45, 2.75) is 25.7 Å². The number of nitriles is 1. The lowest BCUT2D eigenvalue weighted by Crippen LogP contribution is -2.47. The van der Waals surface area contributed by atoms with Gasteiger partial charge in [-0.25, -0.2) is 0 Å². The first-order chi connectivity index (χ1) is 6.85. The second-order valence-corrected chi connectivity index (χ2v) is 4.63. The molecule has 0 aromatic carbocycles. The molecular weight excluding hydrogens is 174 g/mol. The second-order valence-electron chi connectivity index (χ2n) is 4.63. The van der Waals surface area contributed by atoms with Crippen molar-refractivity contribution in [1.82, 2.24) is 10.2 Å². The summed E-state index contributed by atoms with van der Waals surface area (Å²) < 4.78 is 0. The lowest BCUT2D eigenvalue weighted by Gasteiger charge is -2.33. The molecule has 1 aliphatic heterocycles. The highest BCUT2D eigenvalue weighted by atomic mass is 15.2. The average Bonchev–Trinajstić information content (AvgIpc) is 2.69. The molecule has 1 saturated carbocycles. The molecule has 1 heterocycles. The van der Waals surface area contributed by atoms with Crippen LogP contribution >= 0.6 is 0 Å². The lowest BCUT2D eigenvalue weighted by atomic mass is 9.87. The highest BCUT2D eigenvalue weighted by Crippen LogP contribution is 2.38. The van der Waals surface area contributed by atoms with E-state index in [2.05, 4.69) is 16.3 Å². The van der Waals surface area contributed by atoms with Gasteiger partial charge in [-0.2, -0.15) is 5.26 Å². The molecule has 0 aromatic rings. The SMILES string of the molecule is N#CC1(CN2CCNCC2)CCCC1. The van der Waals surface area contributed by atoms with Gasteiger partial charge in [0.15, 0.2) is 0 Å². The van der Waals surface area contributed by atoms with Crippen LogP contribution in [0.5, 0.6) is 0 Å². The normalized spacial score (nSPS) is 27.4. The second kappa shape index (κ2) is 4.29. The summed E-state index contributed by atoms with van der Waals surface area (Å²) in [6, 6.07) is 2.56. The number of rotatable bonds is 2. The number of hydrogen-bond donors (Lipinski definition) is 1. The first-order valence-electron chi connectivity index (χ1n) is 5.69. The largest absolute Gasteiger partial charge is 0.314 e. The summed E-state index contributed by atoms with van der Waals surface area (Å²) in [6.45, 7) is 5.40. The fraction of sp³-hybridized carbons (Fsp3) is 0.909. The van der Waals surface area contributed by atoms with Crippen molar-refractivity contribution in [3.05, 3.63) is 0 Å². The Hall–Kier alpha value is -0.590. The molecule has 2 rings (SSSR count). The van der Waals surface area contributed by atoms with E-state index in [1.54, 1.807) is 0 Å². The van der Waals surface area contributed by atoms with Crippen molar-refractivity contribution in [3.8, 4) is 6.07 Å². The van der Waals surface area contributed by atoms with Crippen LogP contribution < -0.4 is 5.32 Å². The lowest BCUT2D eigenvalue weighted by molar-refractivity contribution is 0.175. The van der Waals surface area contributed by atoms with Gasteiger partial charge < -0.3 is 5.32 Å². The van der Waals surface area contributed by atoms with E-state index in [0.717, 1.165) is 45.6 Å². The van der Waals surface area contributed by atoms with Gasteiger partial charge in [-0.1, -0.05) is 12.8 Å². The maximum absolute atomic E-state index is 9.25. The van der Waals surface area contributed by atoms with Gasteiger partial charge in [0.2, 0.25) is 0 Å². The molecule has 2 aliphatic rings. The predicted octanol–water partition coefficient (Wildman–Crippen LogP) is 0.976. The molecule has 0 radical (unpaired) electrons. The molecule has 1 aliphatic carbocycles. The number of hydrogen-bond acceptors (Lipinski definition) is 3. The van der Waals surface area contributed by atoms with E-state index < -0.39 is 0 Å². The monoisotopic (exact) mass is 193 g/mol. The number of nitrogens with zero attached hydrogens (tertiary/aromatic N) is 2. The van der Waals surface area contributed by atoms with Crippen molar-refractivity contribution in [2.75, 3.05) is 32.7 Å². The molecule has 0 aromatic heterocycles. The van der Waals surface area contributed by atoms with Crippen LogP contribution in [0.2, 0.25) is 0 Å². The minimum Gasteiger partial charge on any atom is -0.314 e. The summed E-state index contributed by atoms with van der Waals surface area (Å²) >= 11 is 0. The molecule has 3 nitrogen and oxygen atoms in total.